The fourth-order valence-corrected chi connectivity index (χ4v) is 1.31. The Hall–Kier alpha value is -2.57. The molecule has 0 saturated carbocycles. The van der Waals surface area contributed by atoms with Gasteiger partial charge in [0.15, 0.2) is 0 Å². The molecule has 0 aliphatic carbocycles. The van der Waals surface area contributed by atoms with Gasteiger partial charge in [-0.05, 0) is 24.6 Å². The summed E-state index contributed by atoms with van der Waals surface area (Å²) in [6, 6.07) is 5.83. The van der Waals surface area contributed by atoms with E-state index in [4.69, 9.17) is 27.2 Å². The quantitative estimate of drug-likeness (QED) is 0.641. The zero-order valence-corrected chi connectivity index (χ0v) is 9.99. The molecule has 0 amide bonds. The Kier molecular flexibility index (Phi) is 4.25. The van der Waals surface area contributed by atoms with Gasteiger partial charge < -0.3 is 5.11 Å². The van der Waals surface area contributed by atoms with Gasteiger partial charge in [-0.25, -0.2) is 4.79 Å². The van der Waals surface area contributed by atoms with Crippen LogP contribution in [0.25, 0.3) is 0 Å². The first-order chi connectivity index (χ1) is 8.49. The first kappa shape index (κ1) is 13.5. The van der Waals surface area contributed by atoms with E-state index in [0.29, 0.717) is 10.6 Å². The minimum absolute atomic E-state index is 0.0455. The van der Waals surface area contributed by atoms with Gasteiger partial charge >= 0.3 is 5.97 Å². The number of carboxylic acids is 1. The molecule has 0 unspecified atom stereocenters. The van der Waals surface area contributed by atoms with Crippen LogP contribution in [0.1, 0.15) is 15.9 Å². The molecule has 0 aliphatic rings. The molecule has 18 heavy (non-hydrogen) atoms. The van der Waals surface area contributed by atoms with Gasteiger partial charge in [0.2, 0.25) is 5.71 Å². The SMILES string of the molecule is Cc1cc(C(=O)O)c(NN=C(C#N)C#N)cc1Cl. The standard InChI is InChI=1S/C11H7ClN4O2/c1-6-2-8(11(17)18)10(3-9(6)12)16-15-7(4-13)5-14/h2-3,16H,1H3,(H,17,18). The number of hydrogen-bond acceptors (Lipinski definition) is 5. The molecule has 0 saturated heterocycles. The van der Waals surface area contributed by atoms with Crippen molar-refractivity contribution in [3.8, 4) is 12.1 Å². The zero-order valence-electron chi connectivity index (χ0n) is 9.23. The van der Waals surface area contributed by atoms with Crippen LogP contribution in [-0.2, 0) is 0 Å². The molecule has 7 heteroatoms. The van der Waals surface area contributed by atoms with Crippen molar-refractivity contribution in [2.24, 2.45) is 5.10 Å². The third kappa shape index (κ3) is 2.97. The van der Waals surface area contributed by atoms with Crippen LogP contribution in [0.2, 0.25) is 5.02 Å². The topological polar surface area (TPSA) is 109 Å². The summed E-state index contributed by atoms with van der Waals surface area (Å²) in [4.78, 5) is 11.0. The van der Waals surface area contributed by atoms with Crippen LogP contribution < -0.4 is 5.43 Å². The third-order valence-electron chi connectivity index (χ3n) is 2.03. The third-order valence-corrected chi connectivity index (χ3v) is 2.44. The van der Waals surface area contributed by atoms with Crippen molar-refractivity contribution in [1.29, 1.82) is 10.5 Å². The predicted octanol–water partition coefficient (Wildman–Crippen LogP) is 2.16. The maximum absolute atomic E-state index is 11.0. The van der Waals surface area contributed by atoms with Crippen molar-refractivity contribution < 1.29 is 9.90 Å². The summed E-state index contributed by atoms with van der Waals surface area (Å²) in [5.41, 5.74) is 2.60. The molecule has 0 spiro atoms. The summed E-state index contributed by atoms with van der Waals surface area (Å²) in [6.07, 6.45) is 0. The minimum Gasteiger partial charge on any atom is -0.478 e. The van der Waals surface area contributed by atoms with Crippen LogP contribution in [0.3, 0.4) is 0 Å². The lowest BCUT2D eigenvalue weighted by atomic mass is 10.1. The predicted molar refractivity (Wildman–Crippen MR) is 65.4 cm³/mol. The molecular formula is C11H7ClN4O2. The highest BCUT2D eigenvalue weighted by Crippen LogP contribution is 2.25. The highest BCUT2D eigenvalue weighted by atomic mass is 35.5. The van der Waals surface area contributed by atoms with Crippen molar-refractivity contribution in [1.82, 2.24) is 0 Å². The lowest BCUT2D eigenvalue weighted by Crippen LogP contribution is -2.05. The van der Waals surface area contributed by atoms with Crippen molar-refractivity contribution in [3.05, 3.63) is 28.3 Å². The Morgan fingerprint density at radius 2 is 2.06 bits per heavy atom. The van der Waals surface area contributed by atoms with E-state index in [2.05, 4.69) is 10.5 Å². The van der Waals surface area contributed by atoms with Crippen molar-refractivity contribution >= 4 is 29.0 Å². The second kappa shape index (κ2) is 5.67. The second-order valence-corrected chi connectivity index (χ2v) is 3.66. The number of halogens is 1. The molecule has 6 nitrogen and oxygen atoms in total. The fraction of sp³-hybridized carbons (Fsp3) is 0.0909. The number of aryl methyl sites for hydroxylation is 1. The summed E-state index contributed by atoms with van der Waals surface area (Å²) in [5.74, 6) is -1.16. The molecule has 90 valence electrons. The number of benzene rings is 1. The Bertz CT molecular complexity index is 595. The van der Waals surface area contributed by atoms with Gasteiger partial charge in [0.1, 0.15) is 12.1 Å². The number of hydrogen-bond donors (Lipinski definition) is 2. The largest absolute Gasteiger partial charge is 0.478 e. The van der Waals surface area contributed by atoms with Gasteiger partial charge in [0.05, 0.1) is 11.3 Å². The maximum atomic E-state index is 11.0. The number of nitriles is 2. The average Bonchev–Trinajstić information content (AvgIpc) is 2.34. The van der Waals surface area contributed by atoms with E-state index in [1.54, 1.807) is 19.1 Å². The zero-order chi connectivity index (χ0) is 13.7. The van der Waals surface area contributed by atoms with E-state index in [1.165, 1.54) is 12.1 Å². The monoisotopic (exact) mass is 262 g/mol. The molecule has 2 N–H and O–H groups in total. The molecule has 0 bridgehead atoms. The fourth-order valence-electron chi connectivity index (χ4n) is 1.14. The molecule has 1 aromatic carbocycles. The molecule has 0 radical (unpaired) electrons. The van der Waals surface area contributed by atoms with Crippen molar-refractivity contribution in [2.45, 2.75) is 6.92 Å². The number of rotatable bonds is 3. The number of nitrogens with zero attached hydrogens (tertiary/aromatic N) is 3. The average molecular weight is 263 g/mol. The Morgan fingerprint density at radius 1 is 1.44 bits per heavy atom. The summed E-state index contributed by atoms with van der Waals surface area (Å²) in [6.45, 7) is 1.66. The molecule has 0 fully saturated rings. The van der Waals surface area contributed by atoms with Crippen LogP contribution >= 0.6 is 11.6 Å². The normalized spacial score (nSPS) is 8.89. The number of aromatic carboxylic acids is 1. The summed E-state index contributed by atoms with van der Waals surface area (Å²) in [5, 5.41) is 29.8. The molecule has 0 aromatic heterocycles. The van der Waals surface area contributed by atoms with E-state index in [9.17, 15) is 4.79 Å². The van der Waals surface area contributed by atoms with E-state index >= 15 is 0 Å². The lowest BCUT2D eigenvalue weighted by molar-refractivity contribution is 0.0698. The number of hydrazone groups is 1. The highest BCUT2D eigenvalue weighted by molar-refractivity contribution is 6.31. The summed E-state index contributed by atoms with van der Waals surface area (Å²) >= 11 is 5.86. The first-order valence-corrected chi connectivity index (χ1v) is 5.04. The van der Waals surface area contributed by atoms with Gasteiger partial charge in [-0.1, -0.05) is 11.6 Å². The Balaban J connectivity index is 3.21. The smallest absolute Gasteiger partial charge is 0.337 e. The summed E-state index contributed by atoms with van der Waals surface area (Å²) < 4.78 is 0. The summed E-state index contributed by atoms with van der Waals surface area (Å²) in [7, 11) is 0. The molecule has 0 aliphatic heterocycles. The first-order valence-electron chi connectivity index (χ1n) is 4.67. The number of anilines is 1. The van der Waals surface area contributed by atoms with E-state index in [1.807, 2.05) is 0 Å². The van der Waals surface area contributed by atoms with Gasteiger partial charge in [-0.15, -0.1) is 0 Å². The van der Waals surface area contributed by atoms with E-state index < -0.39 is 11.7 Å². The van der Waals surface area contributed by atoms with Gasteiger partial charge in [0, 0.05) is 5.02 Å². The van der Waals surface area contributed by atoms with Crippen LogP contribution in [0, 0.1) is 29.6 Å². The maximum Gasteiger partial charge on any atom is 0.337 e. The Labute approximate surface area is 108 Å². The molecule has 1 rings (SSSR count). The van der Waals surface area contributed by atoms with Crippen LogP contribution in [-0.4, -0.2) is 16.8 Å². The Morgan fingerprint density at radius 3 is 2.56 bits per heavy atom. The molecular weight excluding hydrogens is 256 g/mol. The minimum atomic E-state index is -1.16. The van der Waals surface area contributed by atoms with Gasteiger partial charge in [0.25, 0.3) is 0 Å². The van der Waals surface area contributed by atoms with Crippen molar-refractivity contribution in [2.75, 3.05) is 5.43 Å². The lowest BCUT2D eigenvalue weighted by Gasteiger charge is -2.07. The number of carbonyl (C=O) groups is 1. The molecule has 0 atom stereocenters. The molecule has 0 heterocycles. The molecule has 1 aromatic rings. The van der Waals surface area contributed by atoms with Gasteiger partial charge in [-0.3, -0.25) is 5.43 Å². The van der Waals surface area contributed by atoms with Gasteiger partial charge in [-0.2, -0.15) is 15.6 Å². The van der Waals surface area contributed by atoms with Crippen molar-refractivity contribution in [3.63, 3.8) is 0 Å². The van der Waals surface area contributed by atoms with Crippen LogP contribution in [0.4, 0.5) is 5.69 Å². The van der Waals surface area contributed by atoms with E-state index in [-0.39, 0.29) is 11.3 Å². The second-order valence-electron chi connectivity index (χ2n) is 3.25. The highest BCUT2D eigenvalue weighted by Gasteiger charge is 2.12. The van der Waals surface area contributed by atoms with Crippen LogP contribution in [0.15, 0.2) is 17.2 Å². The van der Waals surface area contributed by atoms with Crippen LogP contribution in [0.5, 0.6) is 0 Å². The number of carboxylic acid groups (broad SMARTS) is 1. The van der Waals surface area contributed by atoms with E-state index in [0.717, 1.165) is 0 Å². The number of nitrogens with one attached hydrogen (secondary N) is 1.